The summed E-state index contributed by atoms with van der Waals surface area (Å²) in [6.07, 6.45) is 3.23. The molecule has 8 N–H and O–H groups in total. The van der Waals surface area contributed by atoms with Gasteiger partial charge in [0.15, 0.2) is 0 Å². The molecule has 39 heavy (non-hydrogen) atoms. The average Bonchev–Trinajstić information content (AvgIpc) is 3.59. The zero-order chi connectivity index (χ0) is 28.5. The van der Waals surface area contributed by atoms with Crippen LogP contribution in [-0.4, -0.2) is 90.6 Å². The summed E-state index contributed by atoms with van der Waals surface area (Å²) < 4.78 is 0. The second-order valence-electron chi connectivity index (χ2n) is 9.34. The number of hydrogen-bond acceptors (Lipinski definition) is 8. The molecular formula is C25H32N6O8. The van der Waals surface area contributed by atoms with Gasteiger partial charge in [0.1, 0.15) is 23.9 Å². The summed E-state index contributed by atoms with van der Waals surface area (Å²) in [7, 11) is 0. The Morgan fingerprint density at radius 1 is 1.08 bits per heavy atom. The molecule has 1 aliphatic rings. The Labute approximate surface area is 223 Å². The number of carbonyl (C=O) groups excluding carboxylic acids is 3. The molecule has 2 heterocycles. The summed E-state index contributed by atoms with van der Waals surface area (Å²) in [6.45, 7) is 0.253. The number of H-pyrrole nitrogens is 1. The predicted octanol–water partition coefficient (Wildman–Crippen LogP) is -0.862. The highest BCUT2D eigenvalue weighted by Crippen LogP contribution is 2.20. The number of nitrogens with two attached hydrogens (primary N) is 1. The van der Waals surface area contributed by atoms with Crippen molar-refractivity contribution in [3.63, 3.8) is 0 Å². The Morgan fingerprint density at radius 3 is 2.41 bits per heavy atom. The molecule has 4 atom stereocenters. The Kier molecular flexibility index (Phi) is 9.98. The molecule has 1 aromatic heterocycles. The maximum Gasteiger partial charge on any atom is 0.326 e. The molecular weight excluding hydrogens is 512 g/mol. The quantitative estimate of drug-likeness (QED) is 0.165. The maximum absolute atomic E-state index is 13.2. The minimum atomic E-state index is -1.32. The lowest BCUT2D eigenvalue weighted by molar-refractivity contribution is -0.143. The molecule has 3 amide bonds. The van der Waals surface area contributed by atoms with Crippen molar-refractivity contribution in [2.45, 2.75) is 62.7 Å². The second-order valence-corrected chi connectivity index (χ2v) is 9.34. The monoisotopic (exact) mass is 544 g/mol. The van der Waals surface area contributed by atoms with Crippen LogP contribution in [0.2, 0.25) is 0 Å². The average molecular weight is 545 g/mol. The molecule has 3 rings (SSSR count). The van der Waals surface area contributed by atoms with Crippen molar-refractivity contribution in [3.05, 3.63) is 48.0 Å². The number of carboxylic acids is 2. The first-order chi connectivity index (χ1) is 18.5. The molecule has 2 aromatic rings. The van der Waals surface area contributed by atoms with Gasteiger partial charge in [0.05, 0.1) is 12.4 Å². The number of amides is 3. The van der Waals surface area contributed by atoms with Gasteiger partial charge in [-0.2, -0.15) is 0 Å². The predicted molar refractivity (Wildman–Crippen MR) is 135 cm³/mol. The number of phenols is 1. The van der Waals surface area contributed by atoms with E-state index in [0.29, 0.717) is 24.1 Å². The van der Waals surface area contributed by atoms with Gasteiger partial charge in [-0.25, -0.2) is 9.78 Å². The number of aromatic nitrogens is 2. The molecule has 14 heteroatoms. The molecule has 0 bridgehead atoms. The Morgan fingerprint density at radius 2 is 1.79 bits per heavy atom. The number of rotatable bonds is 13. The number of carboxylic acid groups (broad SMARTS) is 2. The van der Waals surface area contributed by atoms with E-state index in [4.69, 9.17) is 10.8 Å². The van der Waals surface area contributed by atoms with Crippen LogP contribution < -0.4 is 16.4 Å². The molecule has 1 fully saturated rings. The number of phenolic OH excluding ortho intramolecular Hbond substituents is 1. The van der Waals surface area contributed by atoms with Crippen molar-refractivity contribution >= 4 is 29.7 Å². The number of aromatic hydroxyl groups is 1. The zero-order valence-electron chi connectivity index (χ0n) is 21.1. The molecule has 210 valence electrons. The van der Waals surface area contributed by atoms with Gasteiger partial charge in [0, 0.05) is 37.7 Å². The highest BCUT2D eigenvalue weighted by Gasteiger charge is 2.38. The molecule has 1 aliphatic heterocycles. The number of carbonyl (C=O) groups is 5. The van der Waals surface area contributed by atoms with Crippen LogP contribution in [0.5, 0.6) is 5.75 Å². The fraction of sp³-hybridized carbons (Fsp3) is 0.440. The third kappa shape index (κ3) is 8.26. The van der Waals surface area contributed by atoms with Crippen LogP contribution in [0.1, 0.15) is 36.9 Å². The van der Waals surface area contributed by atoms with Crippen molar-refractivity contribution < 1.29 is 39.3 Å². The lowest BCUT2D eigenvalue weighted by atomic mass is 10.0. The van der Waals surface area contributed by atoms with Crippen molar-refractivity contribution in [2.24, 2.45) is 5.73 Å². The van der Waals surface area contributed by atoms with Crippen LogP contribution in [0.3, 0.4) is 0 Å². The summed E-state index contributed by atoms with van der Waals surface area (Å²) in [4.78, 5) is 70.1. The molecule has 0 spiro atoms. The van der Waals surface area contributed by atoms with Crippen LogP contribution in [0.25, 0.3) is 0 Å². The summed E-state index contributed by atoms with van der Waals surface area (Å²) in [5.74, 6) is -4.28. The van der Waals surface area contributed by atoms with E-state index in [1.54, 1.807) is 0 Å². The zero-order valence-corrected chi connectivity index (χ0v) is 21.1. The lowest BCUT2D eigenvalue weighted by Crippen LogP contribution is -2.57. The fourth-order valence-corrected chi connectivity index (χ4v) is 4.35. The lowest BCUT2D eigenvalue weighted by Gasteiger charge is -2.28. The normalized spacial score (nSPS) is 17.2. The Hall–Kier alpha value is -4.46. The molecule has 0 saturated carbocycles. The van der Waals surface area contributed by atoms with Gasteiger partial charge in [-0.05, 0) is 37.0 Å². The number of aromatic amines is 1. The van der Waals surface area contributed by atoms with E-state index < -0.39 is 53.8 Å². The van der Waals surface area contributed by atoms with Gasteiger partial charge < -0.3 is 41.6 Å². The van der Waals surface area contributed by atoms with Gasteiger partial charge in [-0.1, -0.05) is 12.1 Å². The highest BCUT2D eigenvalue weighted by atomic mass is 16.4. The van der Waals surface area contributed by atoms with E-state index >= 15 is 0 Å². The molecule has 0 radical (unpaired) electrons. The van der Waals surface area contributed by atoms with E-state index in [1.165, 1.54) is 41.7 Å². The van der Waals surface area contributed by atoms with E-state index in [9.17, 15) is 34.2 Å². The van der Waals surface area contributed by atoms with Crippen molar-refractivity contribution in [3.8, 4) is 5.75 Å². The van der Waals surface area contributed by atoms with Gasteiger partial charge in [0.2, 0.25) is 17.7 Å². The largest absolute Gasteiger partial charge is 0.508 e. The third-order valence-corrected chi connectivity index (χ3v) is 6.43. The fourth-order valence-electron chi connectivity index (χ4n) is 4.35. The van der Waals surface area contributed by atoms with Crippen LogP contribution in [0, 0.1) is 0 Å². The summed E-state index contributed by atoms with van der Waals surface area (Å²) in [5.41, 5.74) is 6.95. The minimum Gasteiger partial charge on any atom is -0.508 e. The molecule has 0 aliphatic carbocycles. The topological polar surface area (TPSA) is 228 Å². The van der Waals surface area contributed by atoms with Gasteiger partial charge in [0.25, 0.3) is 0 Å². The van der Waals surface area contributed by atoms with Gasteiger partial charge >= 0.3 is 11.9 Å². The van der Waals surface area contributed by atoms with E-state index in [0.717, 1.165) is 0 Å². The SMILES string of the molecule is NC(CCC(=O)O)C(=O)N1CCCC1C(=O)NC(Cc1cnc[nH]1)C(=O)NC(Cc1ccc(O)cc1)C(=O)O. The first-order valence-electron chi connectivity index (χ1n) is 12.4. The van der Waals surface area contributed by atoms with Crippen molar-refractivity contribution in [2.75, 3.05) is 6.54 Å². The smallest absolute Gasteiger partial charge is 0.326 e. The number of likely N-dealkylation sites (tertiary alicyclic amines) is 1. The summed E-state index contributed by atoms with van der Waals surface area (Å²) >= 11 is 0. The van der Waals surface area contributed by atoms with Crippen LogP contribution in [-0.2, 0) is 36.8 Å². The van der Waals surface area contributed by atoms with E-state index in [1.807, 2.05) is 0 Å². The molecule has 14 nitrogen and oxygen atoms in total. The molecule has 4 unspecified atom stereocenters. The minimum absolute atomic E-state index is 0.0132. The van der Waals surface area contributed by atoms with Crippen LogP contribution in [0.15, 0.2) is 36.8 Å². The second kappa shape index (κ2) is 13.4. The number of nitrogens with one attached hydrogen (secondary N) is 3. The first-order valence-corrected chi connectivity index (χ1v) is 12.4. The Balaban J connectivity index is 1.72. The highest BCUT2D eigenvalue weighted by molar-refractivity contribution is 5.94. The molecule has 1 saturated heterocycles. The standard InChI is InChI=1S/C25H32N6O8/c26-17(7-8-21(33)34)24(37)31-9-1-2-20(31)23(36)29-18(11-15-12-27-13-28-15)22(35)30-19(25(38)39)10-14-3-5-16(32)6-4-14/h3-6,12-13,17-20,32H,1-2,7-11,26H2,(H,27,28)(H,29,36)(H,30,35)(H,33,34)(H,38,39). The summed E-state index contributed by atoms with van der Waals surface area (Å²) in [6, 6.07) is 1.35. The number of hydrogen-bond donors (Lipinski definition) is 7. The molecule has 1 aromatic carbocycles. The number of imidazole rings is 1. The van der Waals surface area contributed by atoms with Gasteiger partial charge in [-0.15, -0.1) is 0 Å². The number of nitrogens with zero attached hydrogens (tertiary/aromatic N) is 2. The first kappa shape index (κ1) is 29.1. The van der Waals surface area contributed by atoms with E-state index in [2.05, 4.69) is 20.6 Å². The maximum atomic E-state index is 13.2. The summed E-state index contributed by atoms with van der Waals surface area (Å²) in [5, 5.41) is 33.1. The van der Waals surface area contributed by atoms with Gasteiger partial charge in [-0.3, -0.25) is 19.2 Å². The Bertz CT molecular complexity index is 1170. The van der Waals surface area contributed by atoms with Crippen LogP contribution in [0.4, 0.5) is 0 Å². The van der Waals surface area contributed by atoms with Crippen LogP contribution >= 0.6 is 0 Å². The van der Waals surface area contributed by atoms with E-state index in [-0.39, 0.29) is 38.0 Å². The van der Waals surface area contributed by atoms with Crippen molar-refractivity contribution in [1.82, 2.24) is 25.5 Å². The number of benzene rings is 1. The third-order valence-electron chi connectivity index (χ3n) is 6.43. The number of aliphatic carboxylic acids is 2. The van der Waals surface area contributed by atoms with Crippen molar-refractivity contribution in [1.29, 1.82) is 0 Å².